The van der Waals surface area contributed by atoms with E-state index in [2.05, 4.69) is 4.74 Å². The van der Waals surface area contributed by atoms with Crippen molar-refractivity contribution in [1.82, 2.24) is 0 Å². The predicted octanol–water partition coefficient (Wildman–Crippen LogP) is 1.48. The summed E-state index contributed by atoms with van der Waals surface area (Å²) in [4.78, 5) is 20.9. The van der Waals surface area contributed by atoms with Gasteiger partial charge in [0, 0.05) is 6.07 Å². The highest BCUT2D eigenvalue weighted by atomic mass is 16.6. The maximum absolute atomic E-state index is 11.2. The number of hydrogen-bond acceptors (Lipinski definition) is 5. The third-order valence-electron chi connectivity index (χ3n) is 1.71. The largest absolute Gasteiger partial charge is 0.501 e. The maximum atomic E-state index is 11.2. The van der Waals surface area contributed by atoms with E-state index in [4.69, 9.17) is 0 Å². The van der Waals surface area contributed by atoms with Gasteiger partial charge in [-0.15, -0.1) is 0 Å². The molecule has 0 aliphatic heterocycles. The molecular formula is C9H9NO5. The number of phenols is 1. The number of nitrogens with zero attached hydrogens (tertiary/aromatic N) is 1. The zero-order valence-corrected chi connectivity index (χ0v) is 7.97. The lowest BCUT2D eigenvalue weighted by Gasteiger charge is -2.03. The van der Waals surface area contributed by atoms with Crippen molar-refractivity contribution in [2.24, 2.45) is 0 Å². The Bertz CT molecular complexity index is 401. The van der Waals surface area contributed by atoms with Gasteiger partial charge < -0.3 is 9.84 Å². The molecule has 80 valence electrons. The smallest absolute Gasteiger partial charge is 0.342 e. The summed E-state index contributed by atoms with van der Waals surface area (Å²) in [6.07, 6.45) is 0. The second kappa shape index (κ2) is 4.41. The number of aromatic hydroxyl groups is 1. The number of nitro groups is 1. The normalized spacial score (nSPS) is 9.67. The van der Waals surface area contributed by atoms with E-state index in [1.54, 1.807) is 6.92 Å². The number of ether oxygens (including phenoxy) is 1. The molecule has 0 saturated heterocycles. The molecule has 0 atom stereocenters. The van der Waals surface area contributed by atoms with Crippen LogP contribution in [0.2, 0.25) is 0 Å². The van der Waals surface area contributed by atoms with E-state index >= 15 is 0 Å². The summed E-state index contributed by atoms with van der Waals surface area (Å²) in [5.41, 5.74) is -0.716. The van der Waals surface area contributed by atoms with Gasteiger partial charge in [0.2, 0.25) is 5.75 Å². The van der Waals surface area contributed by atoms with Gasteiger partial charge in [0.25, 0.3) is 0 Å². The average molecular weight is 211 g/mol. The van der Waals surface area contributed by atoms with Crippen molar-refractivity contribution >= 4 is 11.7 Å². The van der Waals surface area contributed by atoms with Crippen LogP contribution >= 0.6 is 0 Å². The fourth-order valence-corrected chi connectivity index (χ4v) is 1.05. The van der Waals surface area contributed by atoms with Gasteiger partial charge in [0.1, 0.15) is 5.56 Å². The lowest BCUT2D eigenvalue weighted by molar-refractivity contribution is -0.385. The molecule has 1 N–H and O–H groups in total. The number of rotatable bonds is 3. The second-order valence-corrected chi connectivity index (χ2v) is 2.65. The molecule has 1 aromatic carbocycles. The van der Waals surface area contributed by atoms with Crippen molar-refractivity contribution in [1.29, 1.82) is 0 Å². The van der Waals surface area contributed by atoms with Gasteiger partial charge in [-0.2, -0.15) is 0 Å². The summed E-state index contributed by atoms with van der Waals surface area (Å²) >= 11 is 0. The number of nitro benzene ring substituents is 1. The lowest BCUT2D eigenvalue weighted by atomic mass is 10.2. The number of para-hydroxylation sites is 1. The first-order chi connectivity index (χ1) is 7.07. The highest BCUT2D eigenvalue weighted by Crippen LogP contribution is 2.29. The molecule has 0 spiro atoms. The number of phenolic OH excluding ortho intramolecular Hbond substituents is 1. The van der Waals surface area contributed by atoms with E-state index in [0.29, 0.717) is 0 Å². The molecule has 1 rings (SSSR count). The third kappa shape index (κ3) is 2.22. The Morgan fingerprint density at radius 1 is 1.60 bits per heavy atom. The molecular weight excluding hydrogens is 202 g/mol. The van der Waals surface area contributed by atoms with Gasteiger partial charge in [-0.1, -0.05) is 6.07 Å². The number of hydrogen-bond donors (Lipinski definition) is 1. The zero-order chi connectivity index (χ0) is 11.4. The highest BCUT2D eigenvalue weighted by molar-refractivity contribution is 5.93. The zero-order valence-electron chi connectivity index (χ0n) is 7.97. The quantitative estimate of drug-likeness (QED) is 0.464. The van der Waals surface area contributed by atoms with E-state index in [0.717, 1.165) is 6.07 Å². The number of benzene rings is 1. The Kier molecular flexibility index (Phi) is 3.22. The number of carbonyl (C=O) groups excluding carboxylic acids is 1. The van der Waals surface area contributed by atoms with Crippen LogP contribution in [0, 0.1) is 10.1 Å². The maximum Gasteiger partial charge on any atom is 0.342 e. The molecule has 0 unspecified atom stereocenters. The van der Waals surface area contributed by atoms with E-state index < -0.39 is 22.3 Å². The molecule has 0 amide bonds. The fraction of sp³-hybridized carbons (Fsp3) is 0.222. The van der Waals surface area contributed by atoms with Crippen LogP contribution in [-0.2, 0) is 4.74 Å². The van der Waals surface area contributed by atoms with Crippen molar-refractivity contribution in [3.8, 4) is 5.75 Å². The minimum absolute atomic E-state index is 0.140. The Balaban J connectivity index is 3.15. The molecule has 15 heavy (non-hydrogen) atoms. The van der Waals surface area contributed by atoms with E-state index in [-0.39, 0.29) is 12.2 Å². The minimum Gasteiger partial charge on any atom is -0.501 e. The Hall–Kier alpha value is -2.11. The predicted molar refractivity (Wildman–Crippen MR) is 50.7 cm³/mol. The van der Waals surface area contributed by atoms with Crippen molar-refractivity contribution in [3.05, 3.63) is 33.9 Å². The van der Waals surface area contributed by atoms with Gasteiger partial charge in [-0.25, -0.2) is 4.79 Å². The molecule has 1 aromatic rings. The van der Waals surface area contributed by atoms with Gasteiger partial charge >= 0.3 is 11.7 Å². The van der Waals surface area contributed by atoms with Gasteiger partial charge in [-0.05, 0) is 13.0 Å². The van der Waals surface area contributed by atoms with Crippen molar-refractivity contribution in [2.45, 2.75) is 6.92 Å². The molecule has 0 aromatic heterocycles. The van der Waals surface area contributed by atoms with Crippen LogP contribution in [0.15, 0.2) is 18.2 Å². The van der Waals surface area contributed by atoms with Crippen LogP contribution in [0.5, 0.6) is 5.75 Å². The molecule has 0 aliphatic rings. The molecule has 0 aliphatic carbocycles. The summed E-state index contributed by atoms with van der Waals surface area (Å²) in [6.45, 7) is 1.74. The summed E-state index contributed by atoms with van der Waals surface area (Å²) < 4.78 is 4.62. The van der Waals surface area contributed by atoms with Gasteiger partial charge in [0.15, 0.2) is 0 Å². The Morgan fingerprint density at radius 3 is 2.80 bits per heavy atom. The topological polar surface area (TPSA) is 89.7 Å². The van der Waals surface area contributed by atoms with Crippen LogP contribution in [-0.4, -0.2) is 22.6 Å². The summed E-state index contributed by atoms with van der Waals surface area (Å²) in [5, 5.41) is 19.9. The van der Waals surface area contributed by atoms with E-state index in [1.165, 1.54) is 12.1 Å². The first-order valence-corrected chi connectivity index (χ1v) is 4.21. The minimum atomic E-state index is -0.779. The monoisotopic (exact) mass is 211 g/mol. The molecule has 0 radical (unpaired) electrons. The van der Waals surface area contributed by atoms with Crippen molar-refractivity contribution in [3.63, 3.8) is 0 Å². The first kappa shape index (κ1) is 11.0. The number of carbonyl (C=O) groups is 1. The average Bonchev–Trinajstić information content (AvgIpc) is 2.17. The molecule has 0 fully saturated rings. The third-order valence-corrected chi connectivity index (χ3v) is 1.71. The molecule has 6 nitrogen and oxygen atoms in total. The highest BCUT2D eigenvalue weighted by Gasteiger charge is 2.21. The molecule has 0 saturated carbocycles. The summed E-state index contributed by atoms with van der Waals surface area (Å²) in [5.74, 6) is -1.44. The van der Waals surface area contributed by atoms with Crippen LogP contribution in [0.25, 0.3) is 0 Å². The van der Waals surface area contributed by atoms with Crippen molar-refractivity contribution < 1.29 is 19.6 Å². The van der Waals surface area contributed by atoms with E-state index in [9.17, 15) is 20.0 Å². The first-order valence-electron chi connectivity index (χ1n) is 4.21. The molecule has 0 heterocycles. The van der Waals surface area contributed by atoms with Crippen LogP contribution < -0.4 is 0 Å². The molecule has 0 bridgehead atoms. The van der Waals surface area contributed by atoms with Crippen LogP contribution in [0.4, 0.5) is 5.69 Å². The van der Waals surface area contributed by atoms with Crippen LogP contribution in [0.1, 0.15) is 17.3 Å². The lowest BCUT2D eigenvalue weighted by Crippen LogP contribution is -2.05. The van der Waals surface area contributed by atoms with Gasteiger partial charge in [0.05, 0.1) is 11.5 Å². The van der Waals surface area contributed by atoms with E-state index in [1.807, 2.05) is 0 Å². The SMILES string of the molecule is CCOC(=O)c1cccc([N+](=O)[O-])c1O. The fourth-order valence-electron chi connectivity index (χ4n) is 1.05. The second-order valence-electron chi connectivity index (χ2n) is 2.65. The number of esters is 1. The van der Waals surface area contributed by atoms with Gasteiger partial charge in [-0.3, -0.25) is 10.1 Å². The Morgan fingerprint density at radius 2 is 2.27 bits per heavy atom. The standard InChI is InChI=1S/C9H9NO5/c1-2-15-9(12)6-4-3-5-7(8(6)11)10(13)14/h3-5,11H,2H2,1H3. The summed E-state index contributed by atoms with van der Waals surface area (Å²) in [7, 11) is 0. The Labute approximate surface area is 85.2 Å². The summed E-state index contributed by atoms with van der Waals surface area (Å²) in [6, 6.07) is 3.68. The van der Waals surface area contributed by atoms with Crippen molar-refractivity contribution in [2.75, 3.05) is 6.61 Å². The van der Waals surface area contributed by atoms with Crippen LogP contribution in [0.3, 0.4) is 0 Å². The molecule has 6 heteroatoms.